The summed E-state index contributed by atoms with van der Waals surface area (Å²) in [6.07, 6.45) is 0.988. The molecule has 0 spiro atoms. The number of benzene rings is 1. The Labute approximate surface area is 110 Å². The molecule has 18 heavy (non-hydrogen) atoms. The molecule has 1 unspecified atom stereocenters. The number of aliphatic hydroxyl groups is 2. The van der Waals surface area contributed by atoms with Crippen LogP contribution in [0.5, 0.6) is 0 Å². The molecule has 0 fully saturated rings. The third-order valence-corrected chi connectivity index (χ3v) is 2.71. The van der Waals surface area contributed by atoms with Gasteiger partial charge in [0, 0.05) is 25.8 Å². The van der Waals surface area contributed by atoms with Crippen molar-refractivity contribution in [3.8, 4) is 0 Å². The van der Waals surface area contributed by atoms with Gasteiger partial charge in [-0.25, -0.2) is 0 Å². The molecule has 104 valence electrons. The Kier molecular flexibility index (Phi) is 8.37. The summed E-state index contributed by atoms with van der Waals surface area (Å²) in [5.41, 5.74) is 9.78. The molecule has 1 rings (SSSR count). The normalized spacial score (nSPS) is 11.5. The fourth-order valence-electron chi connectivity index (χ4n) is 1.57. The molecule has 0 radical (unpaired) electrons. The minimum atomic E-state index is -0.125. The molecule has 1 aromatic rings. The Bertz CT molecular complexity index is 339. The molecule has 0 heterocycles. The van der Waals surface area contributed by atoms with Crippen LogP contribution < -0.4 is 10.6 Å². The van der Waals surface area contributed by atoms with Crippen molar-refractivity contribution in [2.75, 3.05) is 32.2 Å². The third-order valence-electron chi connectivity index (χ3n) is 2.71. The van der Waals surface area contributed by atoms with Crippen LogP contribution in [0.4, 0.5) is 5.69 Å². The van der Waals surface area contributed by atoms with Gasteiger partial charge in [-0.3, -0.25) is 0 Å². The van der Waals surface area contributed by atoms with Crippen molar-refractivity contribution in [3.05, 3.63) is 29.3 Å². The van der Waals surface area contributed by atoms with Gasteiger partial charge >= 0.3 is 0 Å². The van der Waals surface area contributed by atoms with Crippen LogP contribution in [-0.2, 0) is 0 Å². The third kappa shape index (κ3) is 5.49. The van der Waals surface area contributed by atoms with Crippen LogP contribution in [0.25, 0.3) is 0 Å². The van der Waals surface area contributed by atoms with E-state index in [1.807, 2.05) is 14.1 Å². The monoisotopic (exact) mass is 254 g/mol. The molecular weight excluding hydrogens is 228 g/mol. The highest BCUT2D eigenvalue weighted by atomic mass is 16.3. The lowest BCUT2D eigenvalue weighted by molar-refractivity contribution is 0.186. The first-order valence-electron chi connectivity index (χ1n) is 6.23. The van der Waals surface area contributed by atoms with Crippen LogP contribution in [0, 0.1) is 6.92 Å². The zero-order valence-corrected chi connectivity index (χ0v) is 11.8. The molecule has 0 saturated heterocycles. The van der Waals surface area contributed by atoms with Crippen LogP contribution in [0.3, 0.4) is 0 Å². The van der Waals surface area contributed by atoms with Gasteiger partial charge in [0.15, 0.2) is 0 Å². The van der Waals surface area contributed by atoms with E-state index in [1.54, 1.807) is 0 Å². The quantitative estimate of drug-likeness (QED) is 0.760. The summed E-state index contributed by atoms with van der Waals surface area (Å²) in [5.74, 6) is 0. The summed E-state index contributed by atoms with van der Waals surface area (Å²) in [6.45, 7) is 3.99. The first-order chi connectivity index (χ1) is 8.47. The van der Waals surface area contributed by atoms with E-state index in [0.29, 0.717) is 0 Å². The van der Waals surface area contributed by atoms with Gasteiger partial charge in [-0.15, -0.1) is 0 Å². The summed E-state index contributed by atoms with van der Waals surface area (Å²) in [7, 11) is 4.10. The fourth-order valence-corrected chi connectivity index (χ4v) is 1.57. The average Bonchev–Trinajstić information content (AvgIpc) is 2.37. The van der Waals surface area contributed by atoms with Crippen molar-refractivity contribution < 1.29 is 10.2 Å². The molecule has 0 aliphatic heterocycles. The van der Waals surface area contributed by atoms with Gasteiger partial charge in [-0.1, -0.05) is 13.0 Å². The minimum Gasteiger partial charge on any atom is -0.394 e. The molecule has 0 bridgehead atoms. The van der Waals surface area contributed by atoms with E-state index in [-0.39, 0.29) is 19.3 Å². The molecule has 0 aliphatic rings. The SMILES string of the molecule is CCC(N)c1ccc(N(C)C)cc1C.OCCO. The number of nitrogens with two attached hydrogens (primary N) is 1. The van der Waals surface area contributed by atoms with E-state index in [9.17, 15) is 0 Å². The first-order valence-corrected chi connectivity index (χ1v) is 6.23. The van der Waals surface area contributed by atoms with Crippen molar-refractivity contribution in [1.82, 2.24) is 0 Å². The van der Waals surface area contributed by atoms with Gasteiger partial charge in [-0.05, 0) is 36.6 Å². The smallest absolute Gasteiger partial charge is 0.0662 e. The van der Waals surface area contributed by atoms with Gasteiger partial charge in [0.1, 0.15) is 0 Å². The highest BCUT2D eigenvalue weighted by Gasteiger charge is 2.07. The second-order valence-electron chi connectivity index (χ2n) is 4.40. The van der Waals surface area contributed by atoms with E-state index in [2.05, 4.69) is 36.9 Å². The minimum absolute atomic E-state index is 0.125. The number of aliphatic hydroxyl groups excluding tert-OH is 2. The van der Waals surface area contributed by atoms with Crippen LogP contribution in [0.1, 0.15) is 30.5 Å². The lowest BCUT2D eigenvalue weighted by Crippen LogP contribution is -2.12. The lowest BCUT2D eigenvalue weighted by atomic mass is 9.99. The lowest BCUT2D eigenvalue weighted by Gasteiger charge is -2.17. The van der Waals surface area contributed by atoms with Crippen LogP contribution >= 0.6 is 0 Å². The van der Waals surface area contributed by atoms with E-state index in [0.717, 1.165) is 6.42 Å². The Hall–Kier alpha value is -1.10. The fraction of sp³-hybridized carbons (Fsp3) is 0.571. The second-order valence-corrected chi connectivity index (χ2v) is 4.40. The number of hydrogen-bond donors (Lipinski definition) is 3. The molecule has 4 nitrogen and oxygen atoms in total. The Balaban J connectivity index is 0.000000631. The van der Waals surface area contributed by atoms with E-state index >= 15 is 0 Å². The van der Waals surface area contributed by atoms with E-state index in [4.69, 9.17) is 15.9 Å². The van der Waals surface area contributed by atoms with Crippen molar-refractivity contribution in [3.63, 3.8) is 0 Å². The van der Waals surface area contributed by atoms with Gasteiger partial charge in [0.2, 0.25) is 0 Å². The first kappa shape index (κ1) is 16.9. The van der Waals surface area contributed by atoms with Gasteiger partial charge < -0.3 is 20.8 Å². The summed E-state index contributed by atoms with van der Waals surface area (Å²) >= 11 is 0. The maximum absolute atomic E-state index is 7.62. The number of anilines is 1. The van der Waals surface area contributed by atoms with Gasteiger partial charge in [0.05, 0.1) is 13.2 Å². The zero-order valence-electron chi connectivity index (χ0n) is 11.8. The maximum atomic E-state index is 7.62. The summed E-state index contributed by atoms with van der Waals surface area (Å²) in [5, 5.41) is 15.2. The van der Waals surface area contributed by atoms with Crippen LogP contribution in [-0.4, -0.2) is 37.5 Å². The Morgan fingerprint density at radius 3 is 2.11 bits per heavy atom. The zero-order chi connectivity index (χ0) is 14.1. The number of hydrogen-bond acceptors (Lipinski definition) is 4. The van der Waals surface area contributed by atoms with Crippen molar-refractivity contribution in [2.24, 2.45) is 5.73 Å². The number of nitrogens with zero attached hydrogens (tertiary/aromatic N) is 1. The molecule has 4 heteroatoms. The second kappa shape index (κ2) is 8.91. The van der Waals surface area contributed by atoms with E-state index in [1.165, 1.54) is 16.8 Å². The summed E-state index contributed by atoms with van der Waals surface area (Å²) in [6, 6.07) is 6.62. The average molecular weight is 254 g/mol. The van der Waals surface area contributed by atoms with Gasteiger partial charge in [-0.2, -0.15) is 0 Å². The number of rotatable bonds is 4. The molecular formula is C14H26N2O2. The summed E-state index contributed by atoms with van der Waals surface area (Å²) < 4.78 is 0. The highest BCUT2D eigenvalue weighted by molar-refractivity contribution is 5.50. The standard InChI is InChI=1S/C12H20N2.C2H6O2/c1-5-12(13)11-7-6-10(14(3)4)8-9(11)2;3-1-2-4/h6-8,12H,5,13H2,1-4H3;3-4H,1-2H2. The molecule has 0 saturated carbocycles. The summed E-state index contributed by atoms with van der Waals surface area (Å²) in [4.78, 5) is 2.11. The van der Waals surface area contributed by atoms with Gasteiger partial charge in [0.25, 0.3) is 0 Å². The van der Waals surface area contributed by atoms with Crippen molar-refractivity contribution in [2.45, 2.75) is 26.3 Å². The van der Waals surface area contributed by atoms with Crippen LogP contribution in [0.2, 0.25) is 0 Å². The molecule has 0 aromatic heterocycles. The molecule has 0 aliphatic carbocycles. The van der Waals surface area contributed by atoms with Crippen molar-refractivity contribution in [1.29, 1.82) is 0 Å². The number of aryl methyl sites for hydroxylation is 1. The predicted molar refractivity (Wildman–Crippen MR) is 76.9 cm³/mol. The molecule has 1 atom stereocenters. The van der Waals surface area contributed by atoms with Crippen molar-refractivity contribution >= 4 is 5.69 Å². The van der Waals surface area contributed by atoms with E-state index < -0.39 is 0 Å². The Morgan fingerprint density at radius 1 is 1.22 bits per heavy atom. The predicted octanol–water partition coefficient (Wildman–Crippen LogP) is 1.44. The largest absolute Gasteiger partial charge is 0.394 e. The molecule has 0 amide bonds. The highest BCUT2D eigenvalue weighted by Crippen LogP contribution is 2.22. The topological polar surface area (TPSA) is 69.7 Å². The molecule has 4 N–H and O–H groups in total. The maximum Gasteiger partial charge on any atom is 0.0662 e. The molecule has 1 aromatic carbocycles. The Morgan fingerprint density at radius 2 is 1.78 bits per heavy atom. The van der Waals surface area contributed by atoms with Crippen LogP contribution in [0.15, 0.2) is 18.2 Å².